The Hall–Kier alpha value is -1.14. The van der Waals surface area contributed by atoms with Crippen molar-refractivity contribution in [1.82, 2.24) is 15.7 Å². The minimum Gasteiger partial charge on any atom is -0.355 e. The van der Waals surface area contributed by atoms with Gasteiger partial charge in [0.25, 0.3) is 0 Å². The van der Waals surface area contributed by atoms with Crippen molar-refractivity contribution in [1.29, 1.82) is 0 Å². The lowest BCUT2D eigenvalue weighted by atomic mass is 10.3. The van der Waals surface area contributed by atoms with E-state index in [0.29, 0.717) is 5.96 Å². The van der Waals surface area contributed by atoms with Crippen LogP contribution in [-0.4, -0.2) is 24.0 Å². The molecule has 1 rings (SSSR count). The second-order valence-electron chi connectivity index (χ2n) is 3.03. The summed E-state index contributed by atoms with van der Waals surface area (Å²) in [5.41, 5.74) is 5.47. The Kier molecular flexibility index (Phi) is 5.72. The van der Waals surface area contributed by atoms with Crippen molar-refractivity contribution in [2.24, 2.45) is 10.8 Å². The van der Waals surface area contributed by atoms with Crippen LogP contribution < -0.4 is 16.6 Å². The summed E-state index contributed by atoms with van der Waals surface area (Å²) >= 11 is 1.61. The van der Waals surface area contributed by atoms with Crippen LogP contribution in [0.3, 0.4) is 0 Å². The van der Waals surface area contributed by atoms with Crippen LogP contribution in [0.15, 0.2) is 15.9 Å². The lowest BCUT2D eigenvalue weighted by Crippen LogP contribution is -2.42. The molecule has 0 aliphatic heterocycles. The molecule has 84 valence electrons. The lowest BCUT2D eigenvalue weighted by Gasteiger charge is -2.07. The van der Waals surface area contributed by atoms with Crippen LogP contribution in [0.25, 0.3) is 0 Å². The Morgan fingerprint density at radius 2 is 2.53 bits per heavy atom. The van der Waals surface area contributed by atoms with Crippen molar-refractivity contribution in [2.45, 2.75) is 19.8 Å². The summed E-state index contributed by atoms with van der Waals surface area (Å²) in [7, 11) is 0. The molecular weight excluding hydrogens is 210 g/mol. The van der Waals surface area contributed by atoms with E-state index in [-0.39, 0.29) is 0 Å². The number of nitrogens with two attached hydrogens (primary N) is 1. The fraction of sp³-hybridized carbons (Fsp3) is 0.556. The highest BCUT2D eigenvalue weighted by Crippen LogP contribution is 2.00. The first-order valence-electron chi connectivity index (χ1n) is 4.98. The van der Waals surface area contributed by atoms with Gasteiger partial charge in [-0.1, -0.05) is 6.92 Å². The Labute approximate surface area is 93.8 Å². The summed E-state index contributed by atoms with van der Waals surface area (Å²) in [5.74, 6) is 5.96. The van der Waals surface area contributed by atoms with Crippen LogP contribution in [0, 0.1) is 0 Å². The highest BCUT2D eigenvalue weighted by atomic mass is 32.1. The number of aliphatic imine (C=N–C) groups is 1. The lowest BCUT2D eigenvalue weighted by molar-refractivity contribution is 0.791. The molecule has 1 aromatic rings. The first kappa shape index (κ1) is 11.9. The first-order valence-corrected chi connectivity index (χ1v) is 5.93. The predicted molar refractivity (Wildman–Crippen MR) is 63.7 cm³/mol. The largest absolute Gasteiger partial charge is 0.355 e. The molecule has 0 spiro atoms. The summed E-state index contributed by atoms with van der Waals surface area (Å²) in [5, 5.41) is 5.16. The molecule has 0 amide bonds. The number of hydrogen-bond donors (Lipinski definition) is 3. The topological polar surface area (TPSA) is 75.3 Å². The number of nitrogens with one attached hydrogen (secondary N) is 2. The smallest absolute Gasteiger partial charge is 0.205 e. The molecule has 0 unspecified atom stereocenters. The maximum Gasteiger partial charge on any atom is 0.205 e. The average molecular weight is 227 g/mol. The van der Waals surface area contributed by atoms with Gasteiger partial charge in [0.05, 0.1) is 11.2 Å². The molecule has 1 aromatic heterocycles. The predicted octanol–water partition coefficient (Wildman–Crippen LogP) is 0.504. The molecule has 5 nitrogen and oxygen atoms in total. The second-order valence-corrected chi connectivity index (χ2v) is 3.75. The zero-order valence-electron chi connectivity index (χ0n) is 8.86. The third-order valence-electron chi connectivity index (χ3n) is 1.79. The van der Waals surface area contributed by atoms with E-state index in [1.54, 1.807) is 11.3 Å². The maximum atomic E-state index is 5.32. The number of guanidine groups is 1. The van der Waals surface area contributed by atoms with Gasteiger partial charge in [-0.05, 0) is 6.42 Å². The van der Waals surface area contributed by atoms with E-state index < -0.39 is 0 Å². The first-order chi connectivity index (χ1) is 7.36. The zero-order valence-corrected chi connectivity index (χ0v) is 9.68. The van der Waals surface area contributed by atoms with Gasteiger partial charge in [0, 0.05) is 24.9 Å². The van der Waals surface area contributed by atoms with E-state index in [9.17, 15) is 0 Å². The van der Waals surface area contributed by atoms with Crippen LogP contribution in [0.2, 0.25) is 0 Å². The van der Waals surface area contributed by atoms with E-state index in [2.05, 4.69) is 27.6 Å². The summed E-state index contributed by atoms with van der Waals surface area (Å²) < 4.78 is 0. The third kappa shape index (κ3) is 4.75. The van der Waals surface area contributed by atoms with Crippen molar-refractivity contribution in [3.8, 4) is 0 Å². The number of nitrogens with zero attached hydrogens (tertiary/aromatic N) is 2. The molecular formula is C9H17N5S. The van der Waals surface area contributed by atoms with Crippen molar-refractivity contribution < 1.29 is 0 Å². The van der Waals surface area contributed by atoms with Gasteiger partial charge in [0.2, 0.25) is 5.96 Å². The molecule has 4 N–H and O–H groups in total. The maximum absolute atomic E-state index is 5.32. The fourth-order valence-electron chi connectivity index (χ4n) is 1.05. The second kappa shape index (κ2) is 7.19. The molecule has 15 heavy (non-hydrogen) atoms. The Morgan fingerprint density at radius 1 is 1.67 bits per heavy atom. The molecule has 0 aromatic carbocycles. The molecule has 0 bridgehead atoms. The van der Waals surface area contributed by atoms with E-state index in [1.807, 2.05) is 10.9 Å². The molecule has 0 aliphatic rings. The SMILES string of the molecule is CCCN=C(NN)NCCc1cscn1. The molecule has 6 heteroatoms. The molecule has 0 saturated heterocycles. The van der Waals surface area contributed by atoms with Gasteiger partial charge in [0.1, 0.15) is 0 Å². The molecule has 0 fully saturated rings. The molecule has 0 aliphatic carbocycles. The quantitative estimate of drug-likeness (QED) is 0.296. The van der Waals surface area contributed by atoms with Crippen molar-refractivity contribution in [3.63, 3.8) is 0 Å². The minimum atomic E-state index is 0.645. The standard InChI is InChI=1S/C9H17N5S/c1-2-4-11-9(14-10)12-5-3-8-6-15-7-13-8/h6-7H,2-5,10H2,1H3,(H2,11,12,14). The number of hydrogen-bond acceptors (Lipinski definition) is 4. The highest BCUT2D eigenvalue weighted by Gasteiger charge is 1.97. The average Bonchev–Trinajstić information content (AvgIpc) is 2.76. The van der Waals surface area contributed by atoms with Gasteiger partial charge in [-0.3, -0.25) is 10.4 Å². The number of thiazole rings is 1. The normalized spacial score (nSPS) is 11.5. The van der Waals surface area contributed by atoms with Gasteiger partial charge in [-0.15, -0.1) is 11.3 Å². The molecule has 1 heterocycles. The van der Waals surface area contributed by atoms with Crippen LogP contribution in [0.5, 0.6) is 0 Å². The van der Waals surface area contributed by atoms with Crippen molar-refractivity contribution >= 4 is 17.3 Å². The number of rotatable bonds is 5. The van der Waals surface area contributed by atoms with E-state index in [4.69, 9.17) is 5.84 Å². The monoisotopic (exact) mass is 227 g/mol. The Bertz CT molecular complexity index is 283. The van der Waals surface area contributed by atoms with Gasteiger partial charge in [-0.25, -0.2) is 10.8 Å². The molecule has 0 atom stereocenters. The summed E-state index contributed by atoms with van der Waals surface area (Å²) in [6, 6.07) is 0. The van der Waals surface area contributed by atoms with Crippen molar-refractivity contribution in [3.05, 3.63) is 16.6 Å². The Morgan fingerprint density at radius 3 is 3.13 bits per heavy atom. The van der Waals surface area contributed by atoms with E-state index in [1.165, 1.54) is 0 Å². The fourth-order valence-corrected chi connectivity index (χ4v) is 1.64. The number of hydrazine groups is 1. The summed E-state index contributed by atoms with van der Waals surface area (Å²) in [6.45, 7) is 3.65. The molecule has 0 radical (unpaired) electrons. The van der Waals surface area contributed by atoms with Crippen LogP contribution in [-0.2, 0) is 6.42 Å². The zero-order chi connectivity index (χ0) is 10.9. The minimum absolute atomic E-state index is 0.645. The van der Waals surface area contributed by atoms with Gasteiger partial charge in [0.15, 0.2) is 0 Å². The van der Waals surface area contributed by atoms with Crippen molar-refractivity contribution in [2.75, 3.05) is 13.1 Å². The van der Waals surface area contributed by atoms with E-state index >= 15 is 0 Å². The summed E-state index contributed by atoms with van der Waals surface area (Å²) in [4.78, 5) is 8.42. The molecule has 0 saturated carbocycles. The van der Waals surface area contributed by atoms with Crippen LogP contribution >= 0.6 is 11.3 Å². The summed E-state index contributed by atoms with van der Waals surface area (Å²) in [6.07, 6.45) is 1.90. The van der Waals surface area contributed by atoms with Gasteiger partial charge >= 0.3 is 0 Å². The number of aromatic nitrogens is 1. The Balaban J connectivity index is 2.23. The van der Waals surface area contributed by atoms with Gasteiger partial charge in [-0.2, -0.15) is 0 Å². The van der Waals surface area contributed by atoms with Crippen LogP contribution in [0.4, 0.5) is 0 Å². The van der Waals surface area contributed by atoms with Gasteiger partial charge < -0.3 is 5.32 Å². The van der Waals surface area contributed by atoms with E-state index in [0.717, 1.165) is 31.6 Å². The highest BCUT2D eigenvalue weighted by molar-refractivity contribution is 7.07. The third-order valence-corrected chi connectivity index (χ3v) is 2.42. The van der Waals surface area contributed by atoms with Crippen LogP contribution in [0.1, 0.15) is 19.0 Å².